The molecule has 136 valence electrons. The first-order chi connectivity index (χ1) is 11.2. The highest BCUT2D eigenvalue weighted by Crippen LogP contribution is 2.60. The standard InChI is InChI=1S/C22H36O2/c1-6-7-8-17-18-13-16-10-12-20(24-21(2,3)4)22(16,5)14-15(18)9-11-19(17)23/h6,15-18,20H,1,7-14H2,2-5H3/t15-,16+,17+,18-,20+,22+/m1/s1. The van der Waals surface area contributed by atoms with Gasteiger partial charge in [0, 0.05) is 12.3 Å². The highest BCUT2D eigenvalue weighted by atomic mass is 16.5. The van der Waals surface area contributed by atoms with Crippen LogP contribution in [0.15, 0.2) is 12.7 Å². The van der Waals surface area contributed by atoms with E-state index in [1.807, 2.05) is 6.08 Å². The SMILES string of the molecule is C=CCC[C@@H]1C(=O)CC[C@@H]2C[C@@]3(C)[C@@H](CC[C@@H]3OC(C)(C)C)C[C@H]21. The monoisotopic (exact) mass is 332 g/mol. The van der Waals surface area contributed by atoms with Gasteiger partial charge in [-0.2, -0.15) is 0 Å². The number of hydrogen-bond donors (Lipinski definition) is 0. The minimum atomic E-state index is -0.0611. The molecule has 0 unspecified atom stereocenters. The number of ketones is 1. The van der Waals surface area contributed by atoms with Gasteiger partial charge in [-0.25, -0.2) is 0 Å². The zero-order valence-corrected chi connectivity index (χ0v) is 16.1. The highest BCUT2D eigenvalue weighted by Gasteiger charge is 2.56. The van der Waals surface area contributed by atoms with E-state index in [1.54, 1.807) is 0 Å². The fourth-order valence-electron chi connectivity index (χ4n) is 6.05. The number of ether oxygens (including phenoxy) is 1. The second kappa shape index (κ2) is 6.59. The van der Waals surface area contributed by atoms with Gasteiger partial charge in [-0.15, -0.1) is 6.58 Å². The smallest absolute Gasteiger partial charge is 0.136 e. The topological polar surface area (TPSA) is 26.3 Å². The van der Waals surface area contributed by atoms with E-state index in [0.29, 0.717) is 29.1 Å². The second-order valence-corrected chi connectivity index (χ2v) is 9.84. The minimum Gasteiger partial charge on any atom is -0.372 e. The lowest BCUT2D eigenvalue weighted by molar-refractivity contribution is -0.144. The van der Waals surface area contributed by atoms with E-state index in [9.17, 15) is 4.79 Å². The first-order valence-corrected chi connectivity index (χ1v) is 10.1. The quantitative estimate of drug-likeness (QED) is 0.630. The second-order valence-electron chi connectivity index (χ2n) is 9.84. The van der Waals surface area contributed by atoms with Crippen molar-refractivity contribution in [3.05, 3.63) is 12.7 Å². The van der Waals surface area contributed by atoms with Crippen LogP contribution in [0.25, 0.3) is 0 Å². The van der Waals surface area contributed by atoms with Crippen LogP contribution in [0, 0.1) is 29.1 Å². The molecule has 0 spiro atoms. The third-order valence-electron chi connectivity index (χ3n) is 7.18. The van der Waals surface area contributed by atoms with Crippen molar-refractivity contribution >= 4 is 5.78 Å². The van der Waals surface area contributed by atoms with Crippen molar-refractivity contribution in [3.8, 4) is 0 Å². The molecule has 2 nitrogen and oxygen atoms in total. The Bertz CT molecular complexity index is 489. The molecule has 0 aliphatic heterocycles. The van der Waals surface area contributed by atoms with Crippen molar-refractivity contribution < 1.29 is 9.53 Å². The van der Waals surface area contributed by atoms with Crippen molar-refractivity contribution in [2.75, 3.05) is 0 Å². The summed E-state index contributed by atoms with van der Waals surface area (Å²) in [6.07, 6.45) is 11.3. The van der Waals surface area contributed by atoms with Crippen LogP contribution in [0.4, 0.5) is 0 Å². The lowest BCUT2D eigenvalue weighted by Gasteiger charge is -2.52. The molecule has 0 aromatic carbocycles. The lowest BCUT2D eigenvalue weighted by Crippen LogP contribution is -2.49. The first-order valence-electron chi connectivity index (χ1n) is 10.1. The maximum Gasteiger partial charge on any atom is 0.136 e. The molecule has 0 saturated heterocycles. The summed E-state index contributed by atoms with van der Waals surface area (Å²) in [6, 6.07) is 0. The molecule has 0 heterocycles. The number of hydrogen-bond acceptors (Lipinski definition) is 2. The molecule has 3 aliphatic carbocycles. The summed E-state index contributed by atoms with van der Waals surface area (Å²) in [6.45, 7) is 12.9. The predicted octanol–water partition coefficient (Wildman–Crippen LogP) is 5.56. The maximum atomic E-state index is 12.5. The zero-order chi connectivity index (χ0) is 17.5. The number of carbonyl (C=O) groups is 1. The Kier molecular flexibility index (Phi) is 4.99. The van der Waals surface area contributed by atoms with Gasteiger partial charge in [0.1, 0.15) is 5.78 Å². The molecule has 6 atom stereocenters. The molecule has 0 N–H and O–H groups in total. The number of allylic oxidation sites excluding steroid dienone is 1. The van der Waals surface area contributed by atoms with E-state index in [2.05, 4.69) is 34.3 Å². The van der Waals surface area contributed by atoms with E-state index in [4.69, 9.17) is 4.74 Å². The lowest BCUT2D eigenvalue weighted by atomic mass is 9.54. The Labute approximate surface area is 148 Å². The molecule has 3 fully saturated rings. The van der Waals surface area contributed by atoms with Gasteiger partial charge in [-0.05, 0) is 88.9 Å². The number of carbonyl (C=O) groups excluding carboxylic acids is 1. The molecule has 3 aliphatic rings. The van der Waals surface area contributed by atoms with Gasteiger partial charge >= 0.3 is 0 Å². The van der Waals surface area contributed by atoms with Crippen LogP contribution >= 0.6 is 0 Å². The normalized spacial score (nSPS) is 42.5. The van der Waals surface area contributed by atoms with Crippen LogP contribution in [0.2, 0.25) is 0 Å². The van der Waals surface area contributed by atoms with Crippen LogP contribution in [0.3, 0.4) is 0 Å². The van der Waals surface area contributed by atoms with Gasteiger partial charge in [-0.3, -0.25) is 4.79 Å². The van der Waals surface area contributed by atoms with Crippen molar-refractivity contribution in [1.29, 1.82) is 0 Å². The summed E-state index contributed by atoms with van der Waals surface area (Å²) < 4.78 is 6.48. The third kappa shape index (κ3) is 3.36. The summed E-state index contributed by atoms with van der Waals surface area (Å²) in [5.41, 5.74) is 0.256. The van der Waals surface area contributed by atoms with Crippen molar-refractivity contribution in [2.45, 2.75) is 90.8 Å². The fourth-order valence-corrected chi connectivity index (χ4v) is 6.05. The largest absolute Gasteiger partial charge is 0.372 e. The molecule has 0 amide bonds. The van der Waals surface area contributed by atoms with Gasteiger partial charge in [0.25, 0.3) is 0 Å². The first kappa shape index (κ1) is 18.2. The van der Waals surface area contributed by atoms with E-state index in [-0.39, 0.29) is 5.60 Å². The maximum absolute atomic E-state index is 12.5. The molecular weight excluding hydrogens is 296 g/mol. The average Bonchev–Trinajstić information content (AvgIpc) is 2.79. The Morgan fingerprint density at radius 2 is 2.04 bits per heavy atom. The number of fused-ring (bicyclic) bond motifs is 2. The molecule has 0 aromatic heterocycles. The molecule has 3 rings (SSSR count). The Morgan fingerprint density at radius 1 is 1.29 bits per heavy atom. The van der Waals surface area contributed by atoms with Crippen LogP contribution in [0.1, 0.15) is 79.1 Å². The Balaban J connectivity index is 1.76. The Hall–Kier alpha value is -0.630. The van der Waals surface area contributed by atoms with Gasteiger partial charge < -0.3 is 4.74 Å². The van der Waals surface area contributed by atoms with E-state index in [1.165, 1.54) is 25.7 Å². The molecule has 0 radical (unpaired) electrons. The summed E-state index contributed by atoms with van der Waals surface area (Å²) in [7, 11) is 0. The molecule has 24 heavy (non-hydrogen) atoms. The molecule has 3 saturated carbocycles. The van der Waals surface area contributed by atoms with Crippen LogP contribution < -0.4 is 0 Å². The van der Waals surface area contributed by atoms with Crippen molar-refractivity contribution in [3.63, 3.8) is 0 Å². The Morgan fingerprint density at radius 3 is 2.71 bits per heavy atom. The fraction of sp³-hybridized carbons (Fsp3) is 0.864. The van der Waals surface area contributed by atoms with E-state index >= 15 is 0 Å². The summed E-state index contributed by atoms with van der Waals surface area (Å²) >= 11 is 0. The van der Waals surface area contributed by atoms with E-state index < -0.39 is 0 Å². The average molecular weight is 333 g/mol. The van der Waals surface area contributed by atoms with Gasteiger partial charge in [0.05, 0.1) is 11.7 Å². The van der Waals surface area contributed by atoms with E-state index in [0.717, 1.165) is 37.5 Å². The van der Waals surface area contributed by atoms with Gasteiger partial charge in [0.2, 0.25) is 0 Å². The molecule has 2 heteroatoms. The minimum absolute atomic E-state index is 0.0611. The predicted molar refractivity (Wildman–Crippen MR) is 98.8 cm³/mol. The highest BCUT2D eigenvalue weighted by molar-refractivity contribution is 5.82. The molecular formula is C22H36O2. The van der Waals surface area contributed by atoms with Crippen molar-refractivity contribution in [1.82, 2.24) is 0 Å². The summed E-state index contributed by atoms with van der Waals surface area (Å²) in [4.78, 5) is 12.5. The molecule has 0 aromatic rings. The van der Waals surface area contributed by atoms with Crippen molar-refractivity contribution in [2.24, 2.45) is 29.1 Å². The zero-order valence-electron chi connectivity index (χ0n) is 16.1. The van der Waals surface area contributed by atoms with Crippen LogP contribution in [-0.4, -0.2) is 17.5 Å². The number of rotatable bonds is 4. The van der Waals surface area contributed by atoms with Crippen LogP contribution in [0.5, 0.6) is 0 Å². The third-order valence-corrected chi connectivity index (χ3v) is 7.18. The van der Waals surface area contributed by atoms with Gasteiger partial charge in [-0.1, -0.05) is 13.0 Å². The summed E-state index contributed by atoms with van der Waals surface area (Å²) in [5.74, 6) is 2.92. The number of Topliss-reactive ketones (excluding diaryl/α,β-unsaturated/α-hetero) is 1. The molecule has 0 bridgehead atoms. The van der Waals surface area contributed by atoms with Gasteiger partial charge in [0.15, 0.2) is 0 Å². The summed E-state index contributed by atoms with van der Waals surface area (Å²) in [5, 5.41) is 0. The van der Waals surface area contributed by atoms with Crippen LogP contribution in [-0.2, 0) is 9.53 Å².